The molecule has 0 aromatic rings. The second kappa shape index (κ2) is 7.24. The number of hydrogen-bond donors (Lipinski definition) is 1. The minimum atomic E-state index is 0.306. The molecule has 1 aliphatic heterocycles. The third-order valence-electron chi connectivity index (χ3n) is 5.25. The summed E-state index contributed by atoms with van der Waals surface area (Å²) in [6, 6.07) is 0.843. The first-order chi connectivity index (χ1) is 9.61. The lowest BCUT2D eigenvalue weighted by Gasteiger charge is -2.49. The minimum absolute atomic E-state index is 0.306. The van der Waals surface area contributed by atoms with Gasteiger partial charge in [0.2, 0.25) is 0 Å². The SMILES string of the molecule is CCCN1CCC(CN)(N(CCC(C)C)C2CC2)CC1. The molecule has 1 aliphatic carbocycles. The van der Waals surface area contributed by atoms with Crippen molar-refractivity contribution >= 4 is 0 Å². The van der Waals surface area contributed by atoms with Gasteiger partial charge in [0.15, 0.2) is 0 Å². The van der Waals surface area contributed by atoms with Crippen LogP contribution in [0.15, 0.2) is 0 Å². The van der Waals surface area contributed by atoms with Crippen molar-refractivity contribution in [1.29, 1.82) is 0 Å². The molecule has 3 heteroatoms. The summed E-state index contributed by atoms with van der Waals surface area (Å²) >= 11 is 0. The fourth-order valence-corrected chi connectivity index (χ4v) is 3.71. The molecule has 2 aliphatic rings. The number of piperidine rings is 1. The molecule has 2 rings (SSSR count). The van der Waals surface area contributed by atoms with Gasteiger partial charge in [0.1, 0.15) is 0 Å². The third-order valence-corrected chi connectivity index (χ3v) is 5.25. The van der Waals surface area contributed by atoms with Crippen molar-refractivity contribution in [3.05, 3.63) is 0 Å². The first kappa shape index (κ1) is 16.3. The van der Waals surface area contributed by atoms with Gasteiger partial charge >= 0.3 is 0 Å². The molecule has 1 saturated carbocycles. The Morgan fingerprint density at radius 3 is 2.35 bits per heavy atom. The maximum atomic E-state index is 6.27. The van der Waals surface area contributed by atoms with E-state index in [0.29, 0.717) is 5.54 Å². The van der Waals surface area contributed by atoms with E-state index in [-0.39, 0.29) is 0 Å². The Balaban J connectivity index is 1.97. The molecule has 0 radical (unpaired) electrons. The molecule has 2 N–H and O–H groups in total. The topological polar surface area (TPSA) is 32.5 Å². The summed E-state index contributed by atoms with van der Waals surface area (Å²) in [7, 11) is 0. The Kier molecular flexibility index (Phi) is 5.88. The molecule has 0 spiro atoms. The van der Waals surface area contributed by atoms with Crippen molar-refractivity contribution in [3.63, 3.8) is 0 Å². The quantitative estimate of drug-likeness (QED) is 0.742. The van der Waals surface area contributed by atoms with Crippen LogP contribution >= 0.6 is 0 Å². The van der Waals surface area contributed by atoms with E-state index >= 15 is 0 Å². The van der Waals surface area contributed by atoms with Crippen molar-refractivity contribution in [2.24, 2.45) is 11.7 Å². The number of hydrogen-bond acceptors (Lipinski definition) is 3. The second-order valence-electron chi connectivity index (χ2n) is 7.38. The molecule has 0 aromatic carbocycles. The molecular weight excluding hydrogens is 246 g/mol. The molecule has 0 unspecified atom stereocenters. The van der Waals surface area contributed by atoms with Crippen LogP contribution in [0.5, 0.6) is 0 Å². The molecule has 20 heavy (non-hydrogen) atoms. The van der Waals surface area contributed by atoms with Gasteiger partial charge in [-0.1, -0.05) is 20.8 Å². The van der Waals surface area contributed by atoms with Crippen molar-refractivity contribution in [2.75, 3.05) is 32.7 Å². The maximum absolute atomic E-state index is 6.27. The highest BCUT2D eigenvalue weighted by atomic mass is 15.3. The van der Waals surface area contributed by atoms with Crippen molar-refractivity contribution < 1.29 is 0 Å². The minimum Gasteiger partial charge on any atom is -0.329 e. The van der Waals surface area contributed by atoms with E-state index in [1.165, 1.54) is 64.7 Å². The predicted octanol–water partition coefficient (Wildman–Crippen LogP) is 2.70. The fraction of sp³-hybridized carbons (Fsp3) is 1.00. The summed E-state index contributed by atoms with van der Waals surface area (Å²) in [5.74, 6) is 0.797. The molecule has 0 atom stereocenters. The first-order valence-corrected chi connectivity index (χ1v) is 8.80. The summed E-state index contributed by atoms with van der Waals surface area (Å²) < 4.78 is 0. The van der Waals surface area contributed by atoms with Crippen LogP contribution < -0.4 is 5.73 Å². The van der Waals surface area contributed by atoms with Gasteiger partial charge in [-0.05, 0) is 70.6 Å². The number of nitrogens with two attached hydrogens (primary N) is 1. The fourth-order valence-electron chi connectivity index (χ4n) is 3.71. The smallest absolute Gasteiger partial charge is 0.0358 e. The van der Waals surface area contributed by atoms with Crippen molar-refractivity contribution in [1.82, 2.24) is 9.80 Å². The summed E-state index contributed by atoms with van der Waals surface area (Å²) in [5.41, 5.74) is 6.58. The van der Waals surface area contributed by atoms with Crippen LogP contribution in [0.1, 0.15) is 59.3 Å². The summed E-state index contributed by atoms with van der Waals surface area (Å²) in [6.45, 7) is 12.8. The van der Waals surface area contributed by atoms with Crippen molar-refractivity contribution in [2.45, 2.75) is 70.9 Å². The largest absolute Gasteiger partial charge is 0.329 e. The van der Waals surface area contributed by atoms with Gasteiger partial charge in [-0.3, -0.25) is 4.90 Å². The average Bonchev–Trinajstić information content (AvgIpc) is 3.25. The average molecular weight is 281 g/mol. The Morgan fingerprint density at radius 2 is 1.90 bits per heavy atom. The predicted molar refractivity (Wildman–Crippen MR) is 86.9 cm³/mol. The molecule has 2 fully saturated rings. The van der Waals surface area contributed by atoms with Gasteiger partial charge in [0, 0.05) is 18.1 Å². The summed E-state index contributed by atoms with van der Waals surface area (Å²) in [5, 5.41) is 0. The van der Waals surface area contributed by atoms with E-state index in [1.54, 1.807) is 0 Å². The van der Waals surface area contributed by atoms with Crippen LogP contribution in [0.25, 0.3) is 0 Å². The van der Waals surface area contributed by atoms with Crippen LogP contribution in [0.3, 0.4) is 0 Å². The van der Waals surface area contributed by atoms with Crippen LogP contribution in [0, 0.1) is 5.92 Å². The van der Waals surface area contributed by atoms with Gasteiger partial charge in [-0.2, -0.15) is 0 Å². The second-order valence-corrected chi connectivity index (χ2v) is 7.38. The first-order valence-electron chi connectivity index (χ1n) is 8.80. The zero-order chi connectivity index (χ0) is 14.6. The molecule has 0 amide bonds. The van der Waals surface area contributed by atoms with E-state index in [2.05, 4.69) is 30.6 Å². The highest BCUT2D eigenvalue weighted by Crippen LogP contribution is 2.38. The standard InChI is InChI=1S/C17H35N3/c1-4-10-19-12-8-17(14-18,9-13-19)20(16-5-6-16)11-7-15(2)3/h15-16H,4-14,18H2,1-3H3. The van der Waals surface area contributed by atoms with Gasteiger partial charge in [-0.25, -0.2) is 0 Å². The van der Waals surface area contributed by atoms with Crippen LogP contribution in [0.2, 0.25) is 0 Å². The van der Waals surface area contributed by atoms with Crippen LogP contribution in [-0.4, -0.2) is 54.1 Å². The van der Waals surface area contributed by atoms with E-state index in [9.17, 15) is 0 Å². The third kappa shape index (κ3) is 3.96. The Hall–Kier alpha value is -0.120. The molecule has 1 saturated heterocycles. The monoisotopic (exact) mass is 281 g/mol. The molecule has 1 heterocycles. The van der Waals surface area contributed by atoms with Gasteiger partial charge < -0.3 is 10.6 Å². The lowest BCUT2D eigenvalue weighted by molar-refractivity contribution is 0.0175. The van der Waals surface area contributed by atoms with Gasteiger partial charge in [0.25, 0.3) is 0 Å². The zero-order valence-electron chi connectivity index (χ0n) is 13.9. The number of nitrogens with zero attached hydrogens (tertiary/aromatic N) is 2. The lowest BCUT2D eigenvalue weighted by atomic mass is 9.84. The molecule has 118 valence electrons. The maximum Gasteiger partial charge on any atom is 0.0358 e. The van der Waals surface area contributed by atoms with E-state index < -0.39 is 0 Å². The van der Waals surface area contributed by atoms with Crippen molar-refractivity contribution in [3.8, 4) is 0 Å². The summed E-state index contributed by atoms with van der Waals surface area (Å²) in [4.78, 5) is 5.44. The number of likely N-dealkylation sites (tertiary alicyclic amines) is 1. The van der Waals surface area contributed by atoms with Gasteiger partial charge in [-0.15, -0.1) is 0 Å². The number of rotatable bonds is 8. The highest BCUT2D eigenvalue weighted by Gasteiger charge is 2.44. The Morgan fingerprint density at radius 1 is 1.25 bits per heavy atom. The lowest BCUT2D eigenvalue weighted by Crippen LogP contribution is -2.60. The van der Waals surface area contributed by atoms with Gasteiger partial charge in [0.05, 0.1) is 0 Å². The normalized spacial score (nSPS) is 23.7. The molecule has 0 bridgehead atoms. The highest BCUT2D eigenvalue weighted by molar-refractivity contribution is 5.02. The summed E-state index contributed by atoms with van der Waals surface area (Å²) in [6.07, 6.45) is 7.94. The van der Waals surface area contributed by atoms with E-state index in [4.69, 9.17) is 5.73 Å². The zero-order valence-corrected chi connectivity index (χ0v) is 13.9. The van der Waals surface area contributed by atoms with E-state index in [0.717, 1.165) is 18.5 Å². The Labute approximate surface area is 125 Å². The molecule has 3 nitrogen and oxygen atoms in total. The molecular formula is C17H35N3. The van der Waals surface area contributed by atoms with Crippen LogP contribution in [0.4, 0.5) is 0 Å². The molecule has 0 aromatic heterocycles. The van der Waals surface area contributed by atoms with Crippen LogP contribution in [-0.2, 0) is 0 Å². The van der Waals surface area contributed by atoms with E-state index in [1.807, 2.05) is 0 Å². The Bertz CT molecular complexity index is 278.